The minimum absolute atomic E-state index is 0.0831. The van der Waals surface area contributed by atoms with Crippen molar-refractivity contribution in [3.8, 4) is 5.75 Å². The molecule has 0 spiro atoms. The van der Waals surface area contributed by atoms with Gasteiger partial charge >= 0.3 is 0 Å². The van der Waals surface area contributed by atoms with Crippen LogP contribution in [0.2, 0.25) is 5.02 Å². The van der Waals surface area contributed by atoms with Crippen molar-refractivity contribution in [2.75, 3.05) is 13.2 Å². The zero-order chi connectivity index (χ0) is 20.5. The van der Waals surface area contributed by atoms with E-state index in [1.807, 2.05) is 63.2 Å². The zero-order valence-electron chi connectivity index (χ0n) is 16.9. The first-order valence-electron chi connectivity index (χ1n) is 10.0. The van der Waals surface area contributed by atoms with Gasteiger partial charge in [-0.15, -0.1) is 0 Å². The standard InChI is InChI=1S/C21H25ClO4.C2H6/c1-2-25-18-6-3-14(4-7-18)9-16-10-15(5-8-20(16)22)21-12-17(24)11-19(13-23)26-21;1-2/h3-8,10,17,19,21,23-24H,2,9,11-13H2,1H3;1-2H3/t17-,19-,21+;/m0./s1. The van der Waals surface area contributed by atoms with E-state index in [2.05, 4.69) is 0 Å². The Morgan fingerprint density at radius 3 is 2.46 bits per heavy atom. The van der Waals surface area contributed by atoms with Gasteiger partial charge in [-0.25, -0.2) is 0 Å². The van der Waals surface area contributed by atoms with Crippen LogP contribution in [0.5, 0.6) is 5.75 Å². The number of hydrogen-bond acceptors (Lipinski definition) is 4. The highest BCUT2D eigenvalue weighted by Crippen LogP contribution is 2.33. The molecule has 0 amide bonds. The molecule has 0 saturated carbocycles. The van der Waals surface area contributed by atoms with Gasteiger partial charge in [-0.05, 0) is 48.2 Å². The van der Waals surface area contributed by atoms with Crippen molar-refractivity contribution in [3.05, 3.63) is 64.2 Å². The van der Waals surface area contributed by atoms with Gasteiger partial charge in [0.2, 0.25) is 0 Å². The van der Waals surface area contributed by atoms with E-state index in [1.165, 1.54) is 0 Å². The molecule has 1 fully saturated rings. The molecule has 3 rings (SSSR count). The average molecular weight is 407 g/mol. The van der Waals surface area contributed by atoms with Gasteiger partial charge in [0.15, 0.2) is 0 Å². The molecule has 0 unspecified atom stereocenters. The predicted octanol–water partition coefficient (Wildman–Crippen LogP) is 4.93. The lowest BCUT2D eigenvalue weighted by Gasteiger charge is -2.32. The Balaban J connectivity index is 0.00000136. The van der Waals surface area contributed by atoms with Crippen LogP contribution in [0.3, 0.4) is 0 Å². The number of hydrogen-bond donors (Lipinski definition) is 2. The molecule has 3 atom stereocenters. The van der Waals surface area contributed by atoms with Crippen LogP contribution in [0.25, 0.3) is 0 Å². The van der Waals surface area contributed by atoms with E-state index in [9.17, 15) is 10.2 Å². The summed E-state index contributed by atoms with van der Waals surface area (Å²) in [6.45, 7) is 6.53. The number of halogens is 1. The van der Waals surface area contributed by atoms with Gasteiger partial charge in [-0.3, -0.25) is 0 Å². The molecule has 4 nitrogen and oxygen atoms in total. The molecular formula is C23H31ClO4. The monoisotopic (exact) mass is 406 g/mol. The van der Waals surface area contributed by atoms with E-state index in [1.54, 1.807) is 0 Å². The van der Waals surface area contributed by atoms with E-state index < -0.39 is 6.10 Å². The van der Waals surface area contributed by atoms with Gasteiger partial charge in [0.25, 0.3) is 0 Å². The normalized spacial score (nSPS) is 21.6. The highest BCUT2D eigenvalue weighted by Gasteiger charge is 2.29. The van der Waals surface area contributed by atoms with Crippen LogP contribution < -0.4 is 4.74 Å². The van der Waals surface area contributed by atoms with Crippen LogP contribution in [0, 0.1) is 0 Å². The molecule has 1 saturated heterocycles. The van der Waals surface area contributed by atoms with E-state index in [0.717, 1.165) is 22.4 Å². The Labute approximate surface area is 173 Å². The second-order valence-corrected chi connectivity index (χ2v) is 7.07. The fourth-order valence-corrected chi connectivity index (χ4v) is 3.53. The van der Waals surface area contributed by atoms with Gasteiger partial charge in [-0.2, -0.15) is 0 Å². The maximum Gasteiger partial charge on any atom is 0.119 e. The summed E-state index contributed by atoms with van der Waals surface area (Å²) in [6.07, 6.45) is 0.690. The van der Waals surface area contributed by atoms with E-state index in [0.29, 0.717) is 30.9 Å². The van der Waals surface area contributed by atoms with Crippen molar-refractivity contribution in [1.29, 1.82) is 0 Å². The summed E-state index contributed by atoms with van der Waals surface area (Å²) in [5.41, 5.74) is 3.13. The van der Waals surface area contributed by atoms with Crippen molar-refractivity contribution in [2.45, 2.75) is 58.3 Å². The third-order valence-electron chi connectivity index (χ3n) is 4.65. The second kappa shape index (κ2) is 11.4. The minimum atomic E-state index is -0.462. The SMILES string of the molecule is CC.CCOc1ccc(Cc2cc([C@H]3C[C@@H](O)C[C@@H](CO)O3)ccc2Cl)cc1. The highest BCUT2D eigenvalue weighted by atomic mass is 35.5. The Morgan fingerprint density at radius 2 is 1.82 bits per heavy atom. The molecule has 1 heterocycles. The summed E-state index contributed by atoms with van der Waals surface area (Å²) in [5.74, 6) is 0.857. The number of ether oxygens (including phenoxy) is 2. The van der Waals surface area contributed by atoms with Crippen LogP contribution in [-0.4, -0.2) is 35.6 Å². The van der Waals surface area contributed by atoms with Gasteiger partial charge < -0.3 is 19.7 Å². The minimum Gasteiger partial charge on any atom is -0.494 e. The molecule has 0 aromatic heterocycles. The van der Waals surface area contributed by atoms with Crippen molar-refractivity contribution in [1.82, 2.24) is 0 Å². The van der Waals surface area contributed by atoms with Crippen molar-refractivity contribution in [3.63, 3.8) is 0 Å². The summed E-state index contributed by atoms with van der Waals surface area (Å²) < 4.78 is 11.4. The first-order valence-corrected chi connectivity index (χ1v) is 10.4. The maximum absolute atomic E-state index is 10.0. The molecule has 1 aliphatic rings. The van der Waals surface area contributed by atoms with Crippen LogP contribution in [0.4, 0.5) is 0 Å². The maximum atomic E-state index is 10.0. The lowest BCUT2D eigenvalue weighted by molar-refractivity contribution is -0.113. The lowest BCUT2D eigenvalue weighted by Crippen LogP contribution is -2.33. The molecule has 2 aromatic rings. The summed E-state index contributed by atoms with van der Waals surface area (Å²) in [6, 6.07) is 13.8. The molecule has 0 radical (unpaired) electrons. The fourth-order valence-electron chi connectivity index (χ4n) is 3.34. The van der Waals surface area contributed by atoms with E-state index in [-0.39, 0.29) is 18.8 Å². The number of aliphatic hydroxyl groups is 2. The first-order chi connectivity index (χ1) is 13.6. The van der Waals surface area contributed by atoms with Crippen molar-refractivity contribution in [2.24, 2.45) is 0 Å². The molecule has 1 aliphatic heterocycles. The topological polar surface area (TPSA) is 58.9 Å². The third-order valence-corrected chi connectivity index (χ3v) is 5.02. The summed E-state index contributed by atoms with van der Waals surface area (Å²) in [7, 11) is 0. The Bertz CT molecular complexity index is 717. The quantitative estimate of drug-likeness (QED) is 0.714. The first kappa shape index (κ1) is 22.7. The van der Waals surface area contributed by atoms with Crippen LogP contribution >= 0.6 is 11.6 Å². The van der Waals surface area contributed by atoms with Crippen LogP contribution in [-0.2, 0) is 11.2 Å². The Hall–Kier alpha value is -1.59. The smallest absolute Gasteiger partial charge is 0.119 e. The van der Waals surface area contributed by atoms with E-state index in [4.69, 9.17) is 21.1 Å². The van der Waals surface area contributed by atoms with Crippen molar-refractivity contribution >= 4 is 11.6 Å². The predicted molar refractivity (Wildman–Crippen MR) is 113 cm³/mol. The highest BCUT2D eigenvalue weighted by molar-refractivity contribution is 6.31. The average Bonchev–Trinajstić information content (AvgIpc) is 2.72. The fraction of sp³-hybridized carbons (Fsp3) is 0.478. The second-order valence-electron chi connectivity index (χ2n) is 6.66. The summed E-state index contributed by atoms with van der Waals surface area (Å²) >= 11 is 6.40. The molecule has 2 N–H and O–H groups in total. The van der Waals surface area contributed by atoms with E-state index >= 15 is 0 Å². The van der Waals surface area contributed by atoms with Gasteiger partial charge in [0.1, 0.15) is 5.75 Å². The largest absolute Gasteiger partial charge is 0.494 e. The molecule has 28 heavy (non-hydrogen) atoms. The lowest BCUT2D eigenvalue weighted by atomic mass is 9.94. The summed E-state index contributed by atoms with van der Waals surface area (Å²) in [4.78, 5) is 0. The molecule has 2 aromatic carbocycles. The number of aliphatic hydroxyl groups excluding tert-OH is 2. The summed E-state index contributed by atoms with van der Waals surface area (Å²) in [5, 5.41) is 20.1. The molecule has 0 bridgehead atoms. The van der Waals surface area contributed by atoms with Crippen LogP contribution in [0.1, 0.15) is 56.4 Å². The Morgan fingerprint density at radius 1 is 1.11 bits per heavy atom. The zero-order valence-corrected chi connectivity index (χ0v) is 17.7. The van der Waals surface area contributed by atoms with Gasteiger partial charge in [0, 0.05) is 17.9 Å². The van der Waals surface area contributed by atoms with Gasteiger partial charge in [-0.1, -0.05) is 49.7 Å². The molecule has 5 heteroatoms. The van der Waals surface area contributed by atoms with Crippen LogP contribution in [0.15, 0.2) is 42.5 Å². The number of rotatable bonds is 6. The third kappa shape index (κ3) is 6.21. The van der Waals surface area contributed by atoms with Gasteiger partial charge in [0.05, 0.1) is 31.5 Å². The molecule has 0 aliphatic carbocycles. The van der Waals surface area contributed by atoms with Crippen molar-refractivity contribution < 1.29 is 19.7 Å². The molecular weight excluding hydrogens is 376 g/mol. The molecule has 154 valence electrons. The number of benzene rings is 2. The Kier molecular flexibility index (Phi) is 9.26.